The van der Waals surface area contributed by atoms with Gasteiger partial charge < -0.3 is 15.5 Å². The smallest absolute Gasteiger partial charge is 0.242 e. The molecule has 0 spiro atoms. The molecule has 1 aliphatic heterocycles. The Balaban J connectivity index is 2.15. The van der Waals surface area contributed by atoms with Crippen molar-refractivity contribution < 1.29 is 4.79 Å². The summed E-state index contributed by atoms with van der Waals surface area (Å²) < 4.78 is 0. The molecular formula is C15H21N3OS. The highest BCUT2D eigenvalue weighted by atomic mass is 32.1. The van der Waals surface area contributed by atoms with E-state index in [4.69, 9.17) is 18.0 Å². The zero-order chi connectivity index (χ0) is 14.7. The monoisotopic (exact) mass is 291 g/mol. The molecule has 0 bridgehead atoms. The summed E-state index contributed by atoms with van der Waals surface area (Å²) in [4.78, 5) is 16.4. The second kappa shape index (κ2) is 6.22. The lowest BCUT2D eigenvalue weighted by atomic mass is 10.1. The van der Waals surface area contributed by atoms with E-state index in [1.807, 2.05) is 42.0 Å². The summed E-state index contributed by atoms with van der Waals surface area (Å²) in [6.45, 7) is 4.13. The fraction of sp³-hybridized carbons (Fsp3) is 0.467. The van der Waals surface area contributed by atoms with Crippen molar-refractivity contribution in [1.82, 2.24) is 4.90 Å². The van der Waals surface area contributed by atoms with Gasteiger partial charge in [-0.25, -0.2) is 0 Å². The summed E-state index contributed by atoms with van der Waals surface area (Å²) in [6.07, 6.45) is 2.22. The summed E-state index contributed by atoms with van der Waals surface area (Å²) in [7, 11) is 1.91. The minimum absolute atomic E-state index is 0.167. The van der Waals surface area contributed by atoms with E-state index in [-0.39, 0.29) is 5.91 Å². The van der Waals surface area contributed by atoms with Gasteiger partial charge in [-0.1, -0.05) is 18.3 Å². The van der Waals surface area contributed by atoms with E-state index in [1.54, 1.807) is 0 Å². The molecule has 0 aromatic heterocycles. The van der Waals surface area contributed by atoms with Crippen LogP contribution in [0, 0.1) is 6.92 Å². The van der Waals surface area contributed by atoms with E-state index in [2.05, 4.69) is 0 Å². The number of nitrogens with zero attached hydrogens (tertiary/aromatic N) is 2. The largest absolute Gasteiger partial charge is 0.389 e. The molecule has 5 heteroatoms. The maximum atomic E-state index is 12.2. The van der Waals surface area contributed by atoms with E-state index in [9.17, 15) is 4.79 Å². The lowest BCUT2D eigenvalue weighted by Crippen LogP contribution is -2.37. The number of aryl methyl sites for hydroxylation is 1. The third kappa shape index (κ3) is 3.28. The van der Waals surface area contributed by atoms with Crippen molar-refractivity contribution in [2.45, 2.75) is 19.8 Å². The van der Waals surface area contributed by atoms with Gasteiger partial charge in [0.15, 0.2) is 0 Å². The number of nitrogens with two attached hydrogens (primary N) is 1. The number of carbonyl (C=O) groups is 1. The highest BCUT2D eigenvalue weighted by Gasteiger charge is 2.20. The molecule has 1 heterocycles. The third-order valence-corrected chi connectivity index (χ3v) is 3.88. The first-order valence-electron chi connectivity index (χ1n) is 6.88. The lowest BCUT2D eigenvalue weighted by Gasteiger charge is -2.25. The van der Waals surface area contributed by atoms with Crippen LogP contribution in [0.4, 0.5) is 5.69 Å². The molecule has 1 aromatic rings. The topological polar surface area (TPSA) is 49.6 Å². The van der Waals surface area contributed by atoms with E-state index in [1.165, 1.54) is 0 Å². The third-order valence-electron chi connectivity index (χ3n) is 3.66. The van der Waals surface area contributed by atoms with Crippen molar-refractivity contribution in [3.05, 3.63) is 29.3 Å². The van der Waals surface area contributed by atoms with Crippen LogP contribution in [-0.4, -0.2) is 42.5 Å². The average molecular weight is 291 g/mol. The summed E-state index contributed by atoms with van der Waals surface area (Å²) in [5.41, 5.74) is 8.63. The zero-order valence-electron chi connectivity index (χ0n) is 12.1. The molecule has 0 aliphatic carbocycles. The quantitative estimate of drug-likeness (QED) is 0.858. The molecular weight excluding hydrogens is 270 g/mol. The molecule has 1 saturated heterocycles. The van der Waals surface area contributed by atoms with Crippen LogP contribution in [0.2, 0.25) is 0 Å². The minimum Gasteiger partial charge on any atom is -0.389 e. The van der Waals surface area contributed by atoms with Crippen molar-refractivity contribution in [2.75, 3.05) is 31.6 Å². The standard InChI is InChI=1S/C15H21N3OS/c1-11-5-6-12(15(16)20)13(9-11)17(2)10-14(19)18-7-3-4-8-18/h5-6,9H,3-4,7-8,10H2,1-2H3,(H2,16,20). The van der Waals surface area contributed by atoms with Crippen LogP contribution in [0.1, 0.15) is 24.0 Å². The second-order valence-electron chi connectivity index (χ2n) is 5.33. The van der Waals surface area contributed by atoms with Crippen LogP contribution < -0.4 is 10.6 Å². The lowest BCUT2D eigenvalue weighted by molar-refractivity contribution is -0.128. The van der Waals surface area contributed by atoms with Crippen molar-refractivity contribution in [1.29, 1.82) is 0 Å². The summed E-state index contributed by atoms with van der Waals surface area (Å²) >= 11 is 5.09. The molecule has 1 fully saturated rings. The average Bonchev–Trinajstić information content (AvgIpc) is 2.92. The predicted octanol–water partition coefficient (Wildman–Crippen LogP) is 1.69. The number of amides is 1. The Bertz CT molecular complexity index is 524. The van der Waals surface area contributed by atoms with Crippen LogP contribution in [0.15, 0.2) is 18.2 Å². The van der Waals surface area contributed by atoms with Gasteiger partial charge >= 0.3 is 0 Å². The number of carbonyl (C=O) groups excluding carboxylic acids is 1. The Morgan fingerprint density at radius 3 is 2.65 bits per heavy atom. The molecule has 0 atom stereocenters. The molecule has 20 heavy (non-hydrogen) atoms. The molecule has 2 rings (SSSR count). The second-order valence-corrected chi connectivity index (χ2v) is 5.77. The maximum absolute atomic E-state index is 12.2. The molecule has 0 saturated carbocycles. The SMILES string of the molecule is Cc1ccc(C(N)=S)c(N(C)CC(=O)N2CCCC2)c1. The highest BCUT2D eigenvalue weighted by Crippen LogP contribution is 2.21. The Kier molecular flexibility index (Phi) is 4.60. The Morgan fingerprint density at radius 1 is 1.40 bits per heavy atom. The zero-order valence-corrected chi connectivity index (χ0v) is 12.9. The number of likely N-dealkylation sites (tertiary alicyclic amines) is 1. The van der Waals surface area contributed by atoms with Gasteiger partial charge in [-0.15, -0.1) is 0 Å². The van der Waals surface area contributed by atoms with Gasteiger partial charge in [-0.2, -0.15) is 0 Å². The van der Waals surface area contributed by atoms with Gasteiger partial charge in [-0.3, -0.25) is 4.79 Å². The van der Waals surface area contributed by atoms with Crippen molar-refractivity contribution in [3.8, 4) is 0 Å². The predicted molar refractivity (Wildman–Crippen MR) is 86.2 cm³/mol. The van der Waals surface area contributed by atoms with Crippen LogP contribution in [0.25, 0.3) is 0 Å². The normalized spacial score (nSPS) is 14.4. The number of anilines is 1. The first-order valence-corrected chi connectivity index (χ1v) is 7.29. The summed E-state index contributed by atoms with van der Waals surface area (Å²) in [5, 5.41) is 0. The van der Waals surface area contributed by atoms with E-state index < -0.39 is 0 Å². The number of likely N-dealkylation sites (N-methyl/N-ethyl adjacent to an activating group) is 1. The van der Waals surface area contributed by atoms with Crippen LogP contribution >= 0.6 is 12.2 Å². The molecule has 1 aliphatic rings. The van der Waals surface area contributed by atoms with Gasteiger partial charge in [-0.05, 0) is 37.5 Å². The number of thiocarbonyl (C=S) groups is 1. The number of hydrogen-bond donors (Lipinski definition) is 1. The molecule has 1 amide bonds. The maximum Gasteiger partial charge on any atom is 0.242 e. The van der Waals surface area contributed by atoms with Crippen LogP contribution in [-0.2, 0) is 4.79 Å². The summed E-state index contributed by atoms with van der Waals surface area (Å²) in [5.74, 6) is 0.167. The molecule has 2 N–H and O–H groups in total. The number of hydrogen-bond acceptors (Lipinski definition) is 3. The van der Waals surface area contributed by atoms with Gasteiger partial charge in [0.2, 0.25) is 5.91 Å². The first-order chi connectivity index (χ1) is 9.49. The van der Waals surface area contributed by atoms with Gasteiger partial charge in [0.25, 0.3) is 0 Å². The highest BCUT2D eigenvalue weighted by molar-refractivity contribution is 7.80. The Labute approximate surface area is 125 Å². The van der Waals surface area contributed by atoms with E-state index >= 15 is 0 Å². The van der Waals surface area contributed by atoms with Crippen molar-refractivity contribution in [3.63, 3.8) is 0 Å². The number of benzene rings is 1. The minimum atomic E-state index is 0.167. The fourth-order valence-electron chi connectivity index (χ4n) is 2.52. The van der Waals surface area contributed by atoms with Gasteiger partial charge in [0.05, 0.1) is 6.54 Å². The summed E-state index contributed by atoms with van der Waals surface area (Å²) in [6, 6.07) is 5.92. The fourth-order valence-corrected chi connectivity index (χ4v) is 2.69. The molecule has 108 valence electrons. The van der Waals surface area contributed by atoms with Crippen molar-refractivity contribution in [2.24, 2.45) is 5.73 Å². The molecule has 0 radical (unpaired) electrons. The van der Waals surface area contributed by atoms with E-state index in [0.29, 0.717) is 11.5 Å². The van der Waals surface area contributed by atoms with Crippen LogP contribution in [0.5, 0.6) is 0 Å². The van der Waals surface area contributed by atoms with Crippen molar-refractivity contribution >= 4 is 28.8 Å². The Morgan fingerprint density at radius 2 is 2.05 bits per heavy atom. The Hall–Kier alpha value is -1.62. The van der Waals surface area contributed by atoms with E-state index in [0.717, 1.165) is 42.7 Å². The molecule has 0 unspecified atom stereocenters. The molecule has 1 aromatic carbocycles. The van der Waals surface area contributed by atoms with Gasteiger partial charge in [0, 0.05) is 31.4 Å². The number of rotatable bonds is 4. The van der Waals surface area contributed by atoms with Gasteiger partial charge in [0.1, 0.15) is 4.99 Å². The molecule has 4 nitrogen and oxygen atoms in total. The van der Waals surface area contributed by atoms with Crippen LogP contribution in [0.3, 0.4) is 0 Å². The first kappa shape index (κ1) is 14.8.